The molecular weight excluding hydrogens is 780 g/mol. The van der Waals surface area contributed by atoms with Crippen LogP contribution in [0.4, 0.5) is 70.2 Å². The third-order valence-electron chi connectivity index (χ3n) is 8.93. The van der Waals surface area contributed by atoms with Crippen LogP contribution in [-0.4, -0.2) is 55.6 Å². The lowest BCUT2D eigenvalue weighted by Gasteiger charge is -2.39. The topological polar surface area (TPSA) is 18.5 Å². The monoisotopic (exact) mass is 816 g/mol. The van der Waals surface area contributed by atoms with Crippen LogP contribution in [0, 0.1) is 5.92 Å². The highest BCUT2D eigenvalue weighted by Crippen LogP contribution is 2.55. The summed E-state index contributed by atoms with van der Waals surface area (Å²) in [5, 5.41) is 0. The Bertz CT molecular complexity index is 1600. The molecule has 0 heterocycles. The Hall–Kier alpha value is -3.54. The van der Waals surface area contributed by atoms with Crippen molar-refractivity contribution in [2.24, 2.45) is 5.92 Å². The van der Waals surface area contributed by atoms with E-state index in [2.05, 4.69) is 16.4 Å². The molecule has 0 aliphatic rings. The zero-order valence-corrected chi connectivity index (χ0v) is 29.2. The predicted octanol–water partition coefficient (Wildman–Crippen LogP) is 13.1. The molecule has 1 unspecified atom stereocenters. The summed E-state index contributed by atoms with van der Waals surface area (Å²) in [7, 11) is 0. The molecule has 0 bridgehead atoms. The zero-order chi connectivity index (χ0) is 41.7. The molecule has 308 valence electrons. The lowest BCUT2D eigenvalue weighted by molar-refractivity contribution is -0.460. The van der Waals surface area contributed by atoms with Gasteiger partial charge in [-0.15, -0.1) is 0 Å². The van der Waals surface area contributed by atoms with Crippen molar-refractivity contribution in [2.75, 3.05) is 13.2 Å². The molecule has 3 aromatic rings. The lowest BCUT2D eigenvalue weighted by Crippen LogP contribution is -2.68. The number of unbranched alkanes of at least 4 members (excludes halogenated alkanes) is 2. The molecule has 0 aliphatic heterocycles. The second-order valence-electron chi connectivity index (χ2n) is 12.9. The summed E-state index contributed by atoms with van der Waals surface area (Å²) < 4.78 is 220. The molecule has 2 nitrogen and oxygen atoms in total. The Balaban J connectivity index is 1.87. The number of halogens is 16. The van der Waals surface area contributed by atoms with E-state index in [1.807, 2.05) is 49.4 Å². The Kier molecular flexibility index (Phi) is 14.4. The van der Waals surface area contributed by atoms with E-state index < -0.39 is 74.3 Å². The van der Waals surface area contributed by atoms with Crippen molar-refractivity contribution in [1.29, 1.82) is 0 Å². The third-order valence-corrected chi connectivity index (χ3v) is 8.93. The maximum absolute atomic E-state index is 14.2. The van der Waals surface area contributed by atoms with E-state index >= 15 is 0 Å². The van der Waals surface area contributed by atoms with Crippen molar-refractivity contribution in [3.8, 4) is 22.3 Å². The second kappa shape index (κ2) is 17.3. The van der Waals surface area contributed by atoms with Crippen LogP contribution in [0.2, 0.25) is 0 Å². The molecule has 0 spiro atoms. The van der Waals surface area contributed by atoms with Gasteiger partial charge in [-0.05, 0) is 71.0 Å². The van der Waals surface area contributed by atoms with Gasteiger partial charge in [-0.25, -0.2) is 0 Å². The number of hydrogen-bond acceptors (Lipinski definition) is 2. The third kappa shape index (κ3) is 10.5. The highest BCUT2D eigenvalue weighted by atomic mass is 19.4. The van der Waals surface area contributed by atoms with Crippen LogP contribution in [0.5, 0.6) is 0 Å². The Morgan fingerprint density at radius 3 is 1.40 bits per heavy atom. The van der Waals surface area contributed by atoms with E-state index in [-0.39, 0.29) is 5.56 Å². The minimum Gasteiger partial charge on any atom is -0.351 e. The number of rotatable bonds is 16. The molecule has 1 atom stereocenters. The van der Waals surface area contributed by atoms with Crippen molar-refractivity contribution in [3.63, 3.8) is 0 Å². The SMILES string of the molecule is CCCCCc1ccc(-c2ccc(-c3ccc(CCC(COC(F)(C(F)(F)F)C(F)(F)F)COC(C(F)(F)F)(C(F)(F)F)C(F)(F)F)cc3)c(CC)c2)cc1. The first-order valence-corrected chi connectivity index (χ1v) is 16.8. The lowest BCUT2D eigenvalue weighted by atomic mass is 9.92. The van der Waals surface area contributed by atoms with Gasteiger partial charge in [-0.1, -0.05) is 93.4 Å². The van der Waals surface area contributed by atoms with E-state index in [0.717, 1.165) is 47.9 Å². The summed E-state index contributed by atoms with van der Waals surface area (Å²) in [6, 6.07) is 19.6. The summed E-state index contributed by atoms with van der Waals surface area (Å²) in [5.41, 5.74) is -1.37. The smallest absolute Gasteiger partial charge is 0.351 e. The van der Waals surface area contributed by atoms with Gasteiger partial charge in [-0.3, -0.25) is 0 Å². The molecule has 55 heavy (non-hydrogen) atoms. The summed E-state index contributed by atoms with van der Waals surface area (Å²) in [4.78, 5) is 0. The first-order chi connectivity index (χ1) is 25.2. The normalized spacial score (nSPS) is 14.4. The molecule has 0 radical (unpaired) electrons. The van der Waals surface area contributed by atoms with Crippen LogP contribution in [-0.2, 0) is 28.7 Å². The number of alkyl halides is 16. The van der Waals surface area contributed by atoms with Crippen molar-refractivity contribution in [2.45, 2.75) is 101 Å². The first-order valence-electron chi connectivity index (χ1n) is 16.8. The van der Waals surface area contributed by atoms with E-state index in [1.165, 1.54) is 29.8 Å². The summed E-state index contributed by atoms with van der Waals surface area (Å²) >= 11 is 0. The predicted molar refractivity (Wildman–Crippen MR) is 170 cm³/mol. The standard InChI is InChI=1S/C37H36F16O2/c1-3-5-6-7-23-10-14-27(15-11-23)29-18-19-30(26(4-2)20-29)28-16-12-24(13-17-28)8-9-25(22-55-32(38,36(48,49)50)37(51,52)53)21-54-31(33(39,40)41,34(42,43)44)35(45,46)47/h10-20,25H,3-9,21-22H2,1-2H3. The Morgan fingerprint density at radius 2 is 0.945 bits per heavy atom. The van der Waals surface area contributed by atoms with Crippen LogP contribution in [0.3, 0.4) is 0 Å². The van der Waals surface area contributed by atoms with Gasteiger partial charge in [0.15, 0.2) is 0 Å². The van der Waals surface area contributed by atoms with Crippen molar-refractivity contribution in [1.82, 2.24) is 0 Å². The van der Waals surface area contributed by atoms with Gasteiger partial charge in [0.05, 0.1) is 13.2 Å². The summed E-state index contributed by atoms with van der Waals surface area (Å²) in [6.45, 7) is -0.628. The van der Waals surface area contributed by atoms with Gasteiger partial charge >= 0.3 is 42.3 Å². The molecule has 0 aliphatic carbocycles. The van der Waals surface area contributed by atoms with E-state index in [4.69, 9.17) is 0 Å². The van der Waals surface area contributed by atoms with Crippen molar-refractivity contribution >= 4 is 0 Å². The molecule has 0 saturated carbocycles. The molecular formula is C37H36F16O2. The second-order valence-corrected chi connectivity index (χ2v) is 12.9. The number of benzene rings is 3. The quantitative estimate of drug-likeness (QED) is 0.106. The van der Waals surface area contributed by atoms with Gasteiger partial charge in [0.1, 0.15) is 0 Å². The molecule has 3 aromatic carbocycles. The maximum Gasteiger partial charge on any atom is 0.458 e. The minimum absolute atomic E-state index is 0.161. The van der Waals surface area contributed by atoms with Gasteiger partial charge in [0, 0.05) is 5.92 Å². The zero-order valence-electron chi connectivity index (χ0n) is 29.2. The fourth-order valence-corrected chi connectivity index (χ4v) is 5.75. The molecule has 18 heteroatoms. The average molecular weight is 817 g/mol. The molecule has 0 amide bonds. The van der Waals surface area contributed by atoms with Gasteiger partial charge in [0.25, 0.3) is 0 Å². The van der Waals surface area contributed by atoms with E-state index in [1.54, 1.807) is 0 Å². The molecule has 0 N–H and O–H groups in total. The Morgan fingerprint density at radius 1 is 0.491 bits per heavy atom. The molecule has 0 fully saturated rings. The first kappa shape index (κ1) is 45.8. The summed E-state index contributed by atoms with van der Waals surface area (Å²) in [5.74, 6) is -8.96. The highest BCUT2D eigenvalue weighted by Gasteiger charge is 2.85. The van der Waals surface area contributed by atoms with Crippen LogP contribution in [0.15, 0.2) is 66.7 Å². The fraction of sp³-hybridized carbons (Fsp3) is 0.514. The Labute approximate surface area is 305 Å². The van der Waals surface area contributed by atoms with Gasteiger partial charge in [-0.2, -0.15) is 70.2 Å². The molecule has 0 saturated heterocycles. The largest absolute Gasteiger partial charge is 0.458 e. The van der Waals surface area contributed by atoms with E-state index in [0.29, 0.717) is 12.0 Å². The molecule has 0 aromatic heterocycles. The fourth-order valence-electron chi connectivity index (χ4n) is 5.75. The maximum atomic E-state index is 14.2. The average Bonchev–Trinajstić information content (AvgIpc) is 3.06. The highest BCUT2D eigenvalue weighted by molar-refractivity contribution is 5.74. The van der Waals surface area contributed by atoms with E-state index in [9.17, 15) is 70.2 Å². The van der Waals surface area contributed by atoms with Crippen LogP contribution in [0.25, 0.3) is 22.3 Å². The number of hydrogen-bond donors (Lipinski definition) is 0. The van der Waals surface area contributed by atoms with Crippen molar-refractivity contribution < 1.29 is 79.7 Å². The van der Waals surface area contributed by atoms with Crippen LogP contribution in [0.1, 0.15) is 56.2 Å². The molecule has 3 rings (SSSR count). The van der Waals surface area contributed by atoms with Crippen molar-refractivity contribution in [3.05, 3.63) is 83.4 Å². The van der Waals surface area contributed by atoms with Gasteiger partial charge in [0.2, 0.25) is 0 Å². The van der Waals surface area contributed by atoms with Crippen LogP contribution >= 0.6 is 0 Å². The summed E-state index contributed by atoms with van der Waals surface area (Å²) in [6.07, 6.45) is -32.2. The number of ether oxygens (including phenoxy) is 2. The minimum atomic E-state index is -7.25. The number of aryl methyl sites for hydroxylation is 3. The van der Waals surface area contributed by atoms with Gasteiger partial charge < -0.3 is 9.47 Å². The van der Waals surface area contributed by atoms with Crippen LogP contribution < -0.4 is 0 Å².